The number of anilines is 1. The first-order chi connectivity index (χ1) is 8.36. The van der Waals surface area contributed by atoms with Gasteiger partial charge in [-0.15, -0.1) is 0 Å². The molecule has 1 rings (SSSR count). The molecule has 0 radical (unpaired) electrons. The van der Waals surface area contributed by atoms with Crippen molar-refractivity contribution in [1.82, 2.24) is 5.32 Å². The number of nitrogens with zero attached hydrogens (tertiary/aromatic N) is 1. The summed E-state index contributed by atoms with van der Waals surface area (Å²) in [6.45, 7) is 5.25. The Labute approximate surface area is 110 Å². The van der Waals surface area contributed by atoms with Gasteiger partial charge in [0.05, 0.1) is 11.9 Å². The van der Waals surface area contributed by atoms with Crippen molar-refractivity contribution in [2.45, 2.75) is 20.3 Å². The van der Waals surface area contributed by atoms with Crippen LogP contribution in [0.5, 0.6) is 0 Å². The third-order valence-corrected chi connectivity index (χ3v) is 3.99. The molecule has 0 spiro atoms. The Morgan fingerprint density at radius 3 is 2.44 bits per heavy atom. The van der Waals surface area contributed by atoms with Gasteiger partial charge in [0.25, 0.3) is 0 Å². The summed E-state index contributed by atoms with van der Waals surface area (Å²) in [5.41, 5.74) is 2.91. The summed E-state index contributed by atoms with van der Waals surface area (Å²) in [7, 11) is -1.37. The van der Waals surface area contributed by atoms with E-state index < -0.39 is 10.0 Å². The third-order valence-electron chi connectivity index (χ3n) is 2.81. The fraction of sp³-hybridized carbons (Fsp3) is 0.538. The molecule has 5 heteroatoms. The number of rotatable bonds is 6. The van der Waals surface area contributed by atoms with Gasteiger partial charge in [-0.2, -0.15) is 0 Å². The van der Waals surface area contributed by atoms with Crippen LogP contribution in [0.15, 0.2) is 18.2 Å². The predicted molar refractivity (Wildman–Crippen MR) is 76.6 cm³/mol. The molecule has 1 aromatic rings. The molecule has 0 heterocycles. The molecule has 18 heavy (non-hydrogen) atoms. The number of nitrogens with one attached hydrogen (secondary N) is 1. The summed E-state index contributed by atoms with van der Waals surface area (Å²) in [4.78, 5) is 0. The molecule has 1 N–H and O–H groups in total. The van der Waals surface area contributed by atoms with Gasteiger partial charge in [0.1, 0.15) is 0 Å². The molecule has 102 valence electrons. The number of benzene rings is 1. The Bertz CT molecular complexity index is 498. The summed E-state index contributed by atoms with van der Waals surface area (Å²) < 4.78 is 25.2. The quantitative estimate of drug-likeness (QED) is 0.800. The van der Waals surface area contributed by atoms with Crippen LogP contribution in [0.2, 0.25) is 0 Å². The van der Waals surface area contributed by atoms with Crippen LogP contribution in [-0.4, -0.2) is 34.8 Å². The van der Waals surface area contributed by atoms with E-state index in [0.29, 0.717) is 6.54 Å². The SMILES string of the molecule is CNCCCN(c1ccc(C)cc1C)S(C)(=O)=O. The highest BCUT2D eigenvalue weighted by atomic mass is 32.2. The fourth-order valence-electron chi connectivity index (χ4n) is 1.95. The minimum Gasteiger partial charge on any atom is -0.320 e. The highest BCUT2D eigenvalue weighted by Crippen LogP contribution is 2.23. The summed E-state index contributed by atoms with van der Waals surface area (Å²) >= 11 is 0. The minimum atomic E-state index is -3.23. The van der Waals surface area contributed by atoms with Crippen molar-refractivity contribution in [3.63, 3.8) is 0 Å². The van der Waals surface area contributed by atoms with Crippen LogP contribution >= 0.6 is 0 Å². The lowest BCUT2D eigenvalue weighted by atomic mass is 10.1. The summed E-state index contributed by atoms with van der Waals surface area (Å²) in [6, 6.07) is 5.83. The van der Waals surface area contributed by atoms with E-state index >= 15 is 0 Å². The molecule has 0 fully saturated rings. The normalized spacial score (nSPS) is 11.6. The molecular formula is C13H22N2O2S. The number of sulfonamides is 1. The van der Waals surface area contributed by atoms with Crippen molar-refractivity contribution in [3.8, 4) is 0 Å². The Kier molecular flexibility index (Phi) is 5.16. The van der Waals surface area contributed by atoms with Crippen molar-refractivity contribution >= 4 is 15.7 Å². The molecule has 0 unspecified atom stereocenters. The van der Waals surface area contributed by atoms with Gasteiger partial charge in [-0.05, 0) is 45.5 Å². The van der Waals surface area contributed by atoms with Gasteiger partial charge in [-0.25, -0.2) is 8.42 Å². The average Bonchev–Trinajstić information content (AvgIpc) is 2.24. The van der Waals surface area contributed by atoms with Crippen molar-refractivity contribution in [2.75, 3.05) is 30.7 Å². The molecule has 1 aromatic carbocycles. The molecule has 0 saturated heterocycles. The first kappa shape index (κ1) is 15.0. The zero-order valence-corrected chi connectivity index (χ0v) is 12.3. The van der Waals surface area contributed by atoms with Gasteiger partial charge < -0.3 is 5.32 Å². The lowest BCUT2D eigenvalue weighted by molar-refractivity contribution is 0.593. The van der Waals surface area contributed by atoms with Crippen molar-refractivity contribution < 1.29 is 8.42 Å². The maximum Gasteiger partial charge on any atom is 0.232 e. The fourth-order valence-corrected chi connectivity index (χ4v) is 2.97. The monoisotopic (exact) mass is 270 g/mol. The standard InChI is InChI=1S/C13H22N2O2S/c1-11-6-7-13(12(2)10-11)15(18(4,16)17)9-5-8-14-3/h6-7,10,14H,5,8-9H2,1-4H3. The van der Waals surface area contributed by atoms with Gasteiger partial charge in [-0.3, -0.25) is 4.31 Å². The lowest BCUT2D eigenvalue weighted by Gasteiger charge is -2.24. The topological polar surface area (TPSA) is 49.4 Å². The maximum absolute atomic E-state index is 11.9. The van der Waals surface area contributed by atoms with E-state index in [2.05, 4.69) is 5.32 Å². The van der Waals surface area contributed by atoms with E-state index in [1.807, 2.05) is 39.1 Å². The molecular weight excluding hydrogens is 248 g/mol. The highest BCUT2D eigenvalue weighted by Gasteiger charge is 2.18. The second kappa shape index (κ2) is 6.20. The molecule has 0 aliphatic rings. The van der Waals surface area contributed by atoms with E-state index in [9.17, 15) is 8.42 Å². The van der Waals surface area contributed by atoms with Crippen LogP contribution in [0.25, 0.3) is 0 Å². The van der Waals surface area contributed by atoms with Gasteiger partial charge in [0.15, 0.2) is 0 Å². The average molecular weight is 270 g/mol. The van der Waals surface area contributed by atoms with E-state index in [4.69, 9.17) is 0 Å². The maximum atomic E-state index is 11.9. The van der Waals surface area contributed by atoms with E-state index in [1.54, 1.807) is 0 Å². The van der Waals surface area contributed by atoms with Crippen molar-refractivity contribution in [1.29, 1.82) is 0 Å². The van der Waals surface area contributed by atoms with Crippen molar-refractivity contribution in [3.05, 3.63) is 29.3 Å². The number of hydrogen-bond donors (Lipinski definition) is 1. The Hall–Kier alpha value is -1.07. The summed E-state index contributed by atoms with van der Waals surface area (Å²) in [6.07, 6.45) is 2.04. The molecule has 0 aromatic heterocycles. The Morgan fingerprint density at radius 2 is 1.94 bits per heavy atom. The Balaban J connectivity index is 3.03. The van der Waals surface area contributed by atoms with Gasteiger partial charge in [0.2, 0.25) is 10.0 Å². The highest BCUT2D eigenvalue weighted by molar-refractivity contribution is 7.92. The summed E-state index contributed by atoms with van der Waals surface area (Å²) in [5, 5.41) is 3.03. The van der Waals surface area contributed by atoms with Crippen LogP contribution in [0.1, 0.15) is 17.5 Å². The molecule has 0 bridgehead atoms. The second-order valence-electron chi connectivity index (χ2n) is 4.58. The van der Waals surface area contributed by atoms with Crippen LogP contribution in [-0.2, 0) is 10.0 Å². The first-order valence-corrected chi connectivity index (χ1v) is 7.90. The first-order valence-electron chi connectivity index (χ1n) is 6.06. The molecule has 0 amide bonds. The van der Waals surface area contributed by atoms with Crippen molar-refractivity contribution in [2.24, 2.45) is 0 Å². The van der Waals surface area contributed by atoms with E-state index in [-0.39, 0.29) is 0 Å². The smallest absolute Gasteiger partial charge is 0.232 e. The zero-order valence-electron chi connectivity index (χ0n) is 11.5. The van der Waals surface area contributed by atoms with Gasteiger partial charge in [0, 0.05) is 6.54 Å². The van der Waals surface area contributed by atoms with E-state index in [1.165, 1.54) is 10.6 Å². The van der Waals surface area contributed by atoms with Gasteiger partial charge >= 0.3 is 0 Å². The summed E-state index contributed by atoms with van der Waals surface area (Å²) in [5.74, 6) is 0. The predicted octanol–water partition coefficient (Wildman–Crippen LogP) is 1.68. The van der Waals surface area contributed by atoms with E-state index in [0.717, 1.165) is 29.8 Å². The molecule has 4 nitrogen and oxygen atoms in total. The molecule has 0 saturated carbocycles. The minimum absolute atomic E-state index is 0.504. The largest absolute Gasteiger partial charge is 0.320 e. The van der Waals surface area contributed by atoms with Crippen LogP contribution in [0, 0.1) is 13.8 Å². The number of aryl methyl sites for hydroxylation is 2. The van der Waals surface area contributed by atoms with Crippen LogP contribution < -0.4 is 9.62 Å². The van der Waals surface area contributed by atoms with Gasteiger partial charge in [-0.1, -0.05) is 17.7 Å². The third kappa shape index (κ3) is 3.99. The molecule has 0 aliphatic heterocycles. The second-order valence-corrected chi connectivity index (χ2v) is 6.49. The molecule has 0 atom stereocenters. The lowest BCUT2D eigenvalue weighted by Crippen LogP contribution is -2.32. The number of hydrogen-bond acceptors (Lipinski definition) is 3. The zero-order chi connectivity index (χ0) is 13.8. The van der Waals surface area contributed by atoms with Crippen LogP contribution in [0.4, 0.5) is 5.69 Å². The Morgan fingerprint density at radius 1 is 1.28 bits per heavy atom. The molecule has 0 aliphatic carbocycles. The van der Waals surface area contributed by atoms with Crippen LogP contribution in [0.3, 0.4) is 0 Å².